The third-order valence-electron chi connectivity index (χ3n) is 1.58. The SMILES string of the molecule is CC1(N)C=CC(N)=C(N)C=C1. The van der Waals surface area contributed by atoms with Crippen LogP contribution in [0.5, 0.6) is 0 Å². The van der Waals surface area contributed by atoms with Gasteiger partial charge in [0.15, 0.2) is 0 Å². The average molecular weight is 151 g/mol. The molecule has 1 aliphatic carbocycles. The van der Waals surface area contributed by atoms with E-state index in [1.165, 1.54) is 0 Å². The number of rotatable bonds is 0. The molecule has 0 amide bonds. The molecular weight excluding hydrogens is 138 g/mol. The zero-order valence-electron chi connectivity index (χ0n) is 6.54. The molecule has 1 aliphatic rings. The van der Waals surface area contributed by atoms with Crippen molar-refractivity contribution in [3.63, 3.8) is 0 Å². The third-order valence-corrected chi connectivity index (χ3v) is 1.58. The van der Waals surface area contributed by atoms with Crippen molar-refractivity contribution in [1.29, 1.82) is 0 Å². The van der Waals surface area contributed by atoms with E-state index >= 15 is 0 Å². The lowest BCUT2D eigenvalue weighted by molar-refractivity contribution is 0.735. The Balaban J connectivity index is 3.01. The smallest absolute Gasteiger partial charge is 0.0545 e. The highest BCUT2D eigenvalue weighted by molar-refractivity contribution is 5.36. The lowest BCUT2D eigenvalue weighted by atomic mass is 10.0. The first-order valence-corrected chi connectivity index (χ1v) is 3.44. The Bertz CT molecular complexity index is 222. The molecule has 3 heteroatoms. The summed E-state index contributed by atoms with van der Waals surface area (Å²) in [6.45, 7) is 1.88. The van der Waals surface area contributed by atoms with E-state index in [1.54, 1.807) is 12.2 Å². The van der Waals surface area contributed by atoms with Gasteiger partial charge in [-0.2, -0.15) is 0 Å². The summed E-state index contributed by atoms with van der Waals surface area (Å²) in [7, 11) is 0. The van der Waals surface area contributed by atoms with Crippen LogP contribution in [0, 0.1) is 0 Å². The molecule has 0 saturated heterocycles. The molecule has 3 nitrogen and oxygen atoms in total. The van der Waals surface area contributed by atoms with Gasteiger partial charge in [0, 0.05) is 0 Å². The molecule has 0 saturated carbocycles. The number of hydrogen-bond acceptors (Lipinski definition) is 3. The predicted molar refractivity (Wildman–Crippen MR) is 46.3 cm³/mol. The first-order chi connectivity index (χ1) is 5.01. The van der Waals surface area contributed by atoms with Gasteiger partial charge in [-0.3, -0.25) is 0 Å². The zero-order chi connectivity index (χ0) is 8.48. The first-order valence-electron chi connectivity index (χ1n) is 3.44. The fourth-order valence-electron chi connectivity index (χ4n) is 0.787. The third kappa shape index (κ3) is 1.85. The van der Waals surface area contributed by atoms with Gasteiger partial charge in [0.05, 0.1) is 16.9 Å². The second kappa shape index (κ2) is 2.43. The second-order valence-corrected chi connectivity index (χ2v) is 2.94. The van der Waals surface area contributed by atoms with E-state index in [9.17, 15) is 0 Å². The predicted octanol–water partition coefficient (Wildman–Crippen LogP) is -0.0412. The van der Waals surface area contributed by atoms with Crippen LogP contribution in [0.2, 0.25) is 0 Å². The molecule has 0 aromatic carbocycles. The number of nitrogens with two attached hydrogens (primary N) is 3. The highest BCUT2D eigenvalue weighted by Crippen LogP contribution is 2.11. The molecule has 6 N–H and O–H groups in total. The molecule has 0 aromatic rings. The minimum atomic E-state index is -0.439. The summed E-state index contributed by atoms with van der Waals surface area (Å²) in [5, 5.41) is 0. The summed E-state index contributed by atoms with van der Waals surface area (Å²) in [5.74, 6) is 0. The highest BCUT2D eigenvalue weighted by Gasteiger charge is 2.11. The van der Waals surface area contributed by atoms with Crippen LogP contribution in [-0.2, 0) is 0 Å². The van der Waals surface area contributed by atoms with Crippen LogP contribution in [0.1, 0.15) is 6.92 Å². The van der Waals surface area contributed by atoms with Crippen molar-refractivity contribution in [2.24, 2.45) is 17.2 Å². The Hall–Kier alpha value is -1.22. The molecule has 0 heterocycles. The minimum absolute atomic E-state index is 0.439. The number of allylic oxidation sites excluding steroid dienone is 2. The van der Waals surface area contributed by atoms with Crippen LogP contribution >= 0.6 is 0 Å². The molecule has 11 heavy (non-hydrogen) atoms. The van der Waals surface area contributed by atoms with E-state index in [2.05, 4.69) is 0 Å². The fraction of sp³-hybridized carbons (Fsp3) is 0.250. The van der Waals surface area contributed by atoms with E-state index in [1.807, 2.05) is 19.1 Å². The van der Waals surface area contributed by atoms with Gasteiger partial charge in [-0.25, -0.2) is 0 Å². The summed E-state index contributed by atoms with van der Waals surface area (Å²) in [6, 6.07) is 0. The molecule has 0 radical (unpaired) electrons. The summed E-state index contributed by atoms with van der Waals surface area (Å²) in [5.41, 5.74) is 17.6. The van der Waals surface area contributed by atoms with Gasteiger partial charge < -0.3 is 17.2 Å². The summed E-state index contributed by atoms with van der Waals surface area (Å²) in [6.07, 6.45) is 7.10. The second-order valence-electron chi connectivity index (χ2n) is 2.94. The van der Waals surface area contributed by atoms with E-state index in [-0.39, 0.29) is 0 Å². The zero-order valence-corrected chi connectivity index (χ0v) is 6.54. The largest absolute Gasteiger partial charge is 0.397 e. The van der Waals surface area contributed by atoms with Gasteiger partial charge in [-0.1, -0.05) is 12.2 Å². The lowest BCUT2D eigenvalue weighted by Gasteiger charge is -2.12. The maximum absolute atomic E-state index is 5.79. The Morgan fingerprint density at radius 3 is 1.82 bits per heavy atom. The van der Waals surface area contributed by atoms with E-state index < -0.39 is 5.54 Å². The molecule has 0 fully saturated rings. The van der Waals surface area contributed by atoms with Crippen LogP contribution in [0.3, 0.4) is 0 Å². The van der Waals surface area contributed by atoms with Crippen molar-refractivity contribution in [1.82, 2.24) is 0 Å². The summed E-state index contributed by atoms with van der Waals surface area (Å²) >= 11 is 0. The Morgan fingerprint density at radius 2 is 1.45 bits per heavy atom. The van der Waals surface area contributed by atoms with E-state index in [0.29, 0.717) is 11.4 Å². The fourth-order valence-corrected chi connectivity index (χ4v) is 0.787. The molecule has 0 spiro atoms. The van der Waals surface area contributed by atoms with Crippen LogP contribution in [0.25, 0.3) is 0 Å². The van der Waals surface area contributed by atoms with Crippen molar-refractivity contribution in [2.75, 3.05) is 0 Å². The molecule has 60 valence electrons. The van der Waals surface area contributed by atoms with Gasteiger partial charge in [-0.05, 0) is 19.1 Å². The summed E-state index contributed by atoms with van der Waals surface area (Å²) in [4.78, 5) is 0. The number of hydrogen-bond donors (Lipinski definition) is 3. The maximum Gasteiger partial charge on any atom is 0.0545 e. The van der Waals surface area contributed by atoms with Crippen LogP contribution in [0.4, 0.5) is 0 Å². The molecule has 0 aliphatic heterocycles. The first kappa shape index (κ1) is 7.88. The van der Waals surface area contributed by atoms with E-state index in [0.717, 1.165) is 0 Å². The van der Waals surface area contributed by atoms with Gasteiger partial charge in [0.1, 0.15) is 0 Å². The molecule has 0 unspecified atom stereocenters. The van der Waals surface area contributed by atoms with Crippen molar-refractivity contribution in [2.45, 2.75) is 12.5 Å². The van der Waals surface area contributed by atoms with Gasteiger partial charge in [-0.15, -0.1) is 0 Å². The topological polar surface area (TPSA) is 78.1 Å². The summed E-state index contributed by atoms with van der Waals surface area (Å²) < 4.78 is 0. The van der Waals surface area contributed by atoms with Crippen molar-refractivity contribution >= 4 is 0 Å². The molecule has 0 bridgehead atoms. The van der Waals surface area contributed by atoms with Gasteiger partial charge >= 0.3 is 0 Å². The molecule has 1 rings (SSSR count). The molecule has 0 aromatic heterocycles. The van der Waals surface area contributed by atoms with Crippen LogP contribution in [0.15, 0.2) is 35.7 Å². The minimum Gasteiger partial charge on any atom is -0.397 e. The van der Waals surface area contributed by atoms with Crippen molar-refractivity contribution in [3.05, 3.63) is 35.7 Å². The average Bonchev–Trinajstić information content (AvgIpc) is 2.03. The van der Waals surface area contributed by atoms with Crippen LogP contribution in [-0.4, -0.2) is 5.54 Å². The van der Waals surface area contributed by atoms with Gasteiger partial charge in [0.25, 0.3) is 0 Å². The molecular formula is C8H13N3. The normalized spacial score (nSPS) is 22.0. The Morgan fingerprint density at radius 1 is 1.09 bits per heavy atom. The van der Waals surface area contributed by atoms with Crippen LogP contribution < -0.4 is 17.2 Å². The van der Waals surface area contributed by atoms with Gasteiger partial charge in [0.2, 0.25) is 0 Å². The Labute approximate surface area is 66.2 Å². The lowest BCUT2D eigenvalue weighted by Crippen LogP contribution is -2.30. The standard InChI is InChI=1S/C8H13N3/c1-8(11)4-2-6(9)7(10)3-5-8/h2-5H,9-11H2,1H3. The van der Waals surface area contributed by atoms with E-state index in [4.69, 9.17) is 17.2 Å². The maximum atomic E-state index is 5.79. The highest BCUT2D eigenvalue weighted by atomic mass is 14.7. The van der Waals surface area contributed by atoms with Crippen molar-refractivity contribution in [3.8, 4) is 0 Å². The quantitative estimate of drug-likeness (QED) is 0.454. The Kier molecular flexibility index (Phi) is 1.74. The molecule has 0 atom stereocenters. The monoisotopic (exact) mass is 151 g/mol. The van der Waals surface area contributed by atoms with Crippen molar-refractivity contribution < 1.29 is 0 Å².